The summed E-state index contributed by atoms with van der Waals surface area (Å²) in [5.41, 5.74) is 1.31. The maximum Gasteiger partial charge on any atom is 0.222 e. The van der Waals surface area contributed by atoms with Crippen LogP contribution in [0.5, 0.6) is 0 Å². The molecule has 1 fully saturated rings. The van der Waals surface area contributed by atoms with Crippen molar-refractivity contribution in [1.82, 2.24) is 9.88 Å². The zero-order valence-corrected chi connectivity index (χ0v) is 14.3. The number of amides is 1. The molecule has 1 N–H and O–H groups in total. The number of piperidine rings is 1. The fourth-order valence-corrected chi connectivity index (χ4v) is 2.85. The van der Waals surface area contributed by atoms with Crippen molar-refractivity contribution in [2.45, 2.75) is 58.9 Å². The number of hydrogen-bond acceptors (Lipinski definition) is 3. The van der Waals surface area contributed by atoms with Crippen LogP contribution in [0.2, 0.25) is 0 Å². The average Bonchev–Trinajstić information content (AvgIpc) is 2.47. The third kappa shape index (κ3) is 4.72. The van der Waals surface area contributed by atoms with Crippen molar-refractivity contribution in [3.8, 4) is 0 Å². The Balaban J connectivity index is 1.85. The number of carbonyl (C=O) groups excluding carboxylic acids is 1. The van der Waals surface area contributed by atoms with Gasteiger partial charge in [-0.05, 0) is 42.4 Å². The zero-order chi connectivity index (χ0) is 16.1. The summed E-state index contributed by atoms with van der Waals surface area (Å²) in [5.74, 6) is 2.21. The van der Waals surface area contributed by atoms with E-state index in [0.717, 1.165) is 31.7 Å². The Hall–Kier alpha value is -1.58. The summed E-state index contributed by atoms with van der Waals surface area (Å²) < 4.78 is 0. The molecule has 0 radical (unpaired) electrons. The van der Waals surface area contributed by atoms with Gasteiger partial charge >= 0.3 is 0 Å². The largest absolute Gasteiger partial charge is 0.367 e. The predicted molar refractivity (Wildman–Crippen MR) is 91.0 cm³/mol. The van der Waals surface area contributed by atoms with Crippen molar-refractivity contribution >= 4 is 11.7 Å². The molecule has 22 heavy (non-hydrogen) atoms. The molecule has 0 bridgehead atoms. The molecule has 4 nitrogen and oxygen atoms in total. The molecule has 2 heterocycles. The van der Waals surface area contributed by atoms with E-state index < -0.39 is 0 Å². The van der Waals surface area contributed by atoms with Crippen molar-refractivity contribution in [1.29, 1.82) is 0 Å². The first-order chi connectivity index (χ1) is 10.5. The fraction of sp³-hybridized carbons (Fsp3) is 0.667. The average molecular weight is 303 g/mol. The van der Waals surface area contributed by atoms with Crippen LogP contribution >= 0.6 is 0 Å². The Bertz CT molecular complexity index is 491. The molecule has 122 valence electrons. The van der Waals surface area contributed by atoms with Crippen LogP contribution in [-0.4, -0.2) is 34.9 Å². The second kappa shape index (κ2) is 7.61. The third-order valence-corrected chi connectivity index (χ3v) is 4.23. The van der Waals surface area contributed by atoms with E-state index in [9.17, 15) is 4.79 Å². The normalized spacial score (nSPS) is 16.4. The number of likely N-dealkylation sites (tertiary alicyclic amines) is 1. The number of nitrogens with zero attached hydrogens (tertiary/aromatic N) is 2. The Morgan fingerprint density at radius 1 is 1.32 bits per heavy atom. The molecule has 1 amide bonds. The predicted octanol–water partition coefficient (Wildman–Crippen LogP) is 3.65. The van der Waals surface area contributed by atoms with Crippen LogP contribution in [0.15, 0.2) is 18.3 Å². The highest BCUT2D eigenvalue weighted by Gasteiger charge is 2.23. The second-order valence-corrected chi connectivity index (χ2v) is 7.03. The molecule has 0 atom stereocenters. The molecule has 0 aliphatic carbocycles. The van der Waals surface area contributed by atoms with Gasteiger partial charge in [0.2, 0.25) is 5.91 Å². The minimum absolute atomic E-state index is 0.299. The van der Waals surface area contributed by atoms with E-state index in [1.165, 1.54) is 5.56 Å². The fourth-order valence-electron chi connectivity index (χ4n) is 2.85. The molecular formula is C18H29N3O. The molecule has 0 spiro atoms. The van der Waals surface area contributed by atoms with Gasteiger partial charge in [-0.15, -0.1) is 0 Å². The van der Waals surface area contributed by atoms with Gasteiger partial charge in [0.25, 0.3) is 0 Å². The number of nitrogens with one attached hydrogen (secondary N) is 1. The van der Waals surface area contributed by atoms with Crippen LogP contribution in [-0.2, 0) is 4.79 Å². The summed E-state index contributed by atoms with van der Waals surface area (Å²) in [6, 6.07) is 4.63. The summed E-state index contributed by atoms with van der Waals surface area (Å²) in [4.78, 5) is 18.5. The van der Waals surface area contributed by atoms with E-state index in [-0.39, 0.29) is 0 Å². The van der Waals surface area contributed by atoms with E-state index in [1.54, 1.807) is 0 Å². The van der Waals surface area contributed by atoms with Crippen LogP contribution in [0.25, 0.3) is 0 Å². The maximum absolute atomic E-state index is 12.1. The van der Waals surface area contributed by atoms with Gasteiger partial charge in [0, 0.05) is 31.7 Å². The molecule has 0 unspecified atom stereocenters. The minimum Gasteiger partial charge on any atom is -0.367 e. The van der Waals surface area contributed by atoms with Crippen LogP contribution < -0.4 is 5.32 Å². The van der Waals surface area contributed by atoms with Crippen molar-refractivity contribution in [2.75, 3.05) is 18.4 Å². The van der Waals surface area contributed by atoms with Crippen molar-refractivity contribution in [3.63, 3.8) is 0 Å². The lowest BCUT2D eigenvalue weighted by Gasteiger charge is -2.33. The summed E-state index contributed by atoms with van der Waals surface area (Å²) >= 11 is 0. The quantitative estimate of drug-likeness (QED) is 0.903. The van der Waals surface area contributed by atoms with Gasteiger partial charge in [0.1, 0.15) is 5.82 Å². The van der Waals surface area contributed by atoms with E-state index in [4.69, 9.17) is 0 Å². The Kier molecular flexibility index (Phi) is 5.81. The summed E-state index contributed by atoms with van der Waals surface area (Å²) in [5, 5.41) is 3.53. The highest BCUT2D eigenvalue weighted by atomic mass is 16.2. The monoisotopic (exact) mass is 303 g/mol. The highest BCUT2D eigenvalue weighted by molar-refractivity contribution is 5.76. The summed E-state index contributed by atoms with van der Waals surface area (Å²) in [6.45, 7) is 10.3. The van der Waals surface area contributed by atoms with Gasteiger partial charge in [0.05, 0.1) is 0 Å². The van der Waals surface area contributed by atoms with Crippen LogP contribution in [0.1, 0.15) is 58.4 Å². The van der Waals surface area contributed by atoms with Crippen LogP contribution in [0.4, 0.5) is 5.82 Å². The number of pyridine rings is 1. The molecule has 1 aromatic heterocycles. The molecule has 0 aromatic carbocycles. The number of carbonyl (C=O) groups is 1. The Morgan fingerprint density at radius 2 is 2.00 bits per heavy atom. The minimum atomic E-state index is 0.299. The first-order valence-electron chi connectivity index (χ1n) is 8.46. The van der Waals surface area contributed by atoms with Gasteiger partial charge < -0.3 is 10.2 Å². The van der Waals surface area contributed by atoms with Crippen molar-refractivity contribution < 1.29 is 4.79 Å². The number of rotatable bonds is 5. The van der Waals surface area contributed by atoms with Crippen LogP contribution in [0, 0.1) is 5.92 Å². The Labute approximate surface area is 134 Å². The SMILES string of the molecule is CC(C)CC(=O)N1CCC(Nc2cc(C(C)C)ccn2)CC1. The molecule has 1 aliphatic rings. The summed E-state index contributed by atoms with van der Waals surface area (Å²) in [7, 11) is 0. The lowest BCUT2D eigenvalue weighted by Crippen LogP contribution is -2.42. The molecule has 1 saturated heterocycles. The first kappa shape index (κ1) is 16.8. The van der Waals surface area contributed by atoms with E-state index in [1.807, 2.05) is 11.1 Å². The lowest BCUT2D eigenvalue weighted by atomic mass is 10.0. The molecule has 2 rings (SSSR count). The molecule has 0 saturated carbocycles. The molecule has 4 heteroatoms. The van der Waals surface area contributed by atoms with Crippen molar-refractivity contribution in [2.24, 2.45) is 5.92 Å². The zero-order valence-electron chi connectivity index (χ0n) is 14.3. The number of anilines is 1. The van der Waals surface area contributed by atoms with Gasteiger partial charge in [0.15, 0.2) is 0 Å². The number of aromatic nitrogens is 1. The van der Waals surface area contributed by atoms with Gasteiger partial charge in [-0.3, -0.25) is 4.79 Å². The lowest BCUT2D eigenvalue weighted by molar-refractivity contribution is -0.132. The maximum atomic E-state index is 12.1. The first-order valence-corrected chi connectivity index (χ1v) is 8.46. The molecule has 1 aliphatic heterocycles. The summed E-state index contributed by atoms with van der Waals surface area (Å²) in [6.07, 6.45) is 4.53. The van der Waals surface area contributed by atoms with E-state index in [2.05, 4.69) is 50.1 Å². The van der Waals surface area contributed by atoms with Gasteiger partial charge in [-0.1, -0.05) is 27.7 Å². The second-order valence-electron chi connectivity index (χ2n) is 7.03. The standard InChI is InChI=1S/C18H29N3O/c1-13(2)11-18(22)21-9-6-16(7-10-21)20-17-12-15(14(3)4)5-8-19-17/h5,8,12-14,16H,6-7,9-11H2,1-4H3,(H,19,20). The third-order valence-electron chi connectivity index (χ3n) is 4.23. The number of hydrogen-bond donors (Lipinski definition) is 1. The highest BCUT2D eigenvalue weighted by Crippen LogP contribution is 2.20. The van der Waals surface area contributed by atoms with Crippen molar-refractivity contribution in [3.05, 3.63) is 23.9 Å². The molecular weight excluding hydrogens is 274 g/mol. The Morgan fingerprint density at radius 3 is 2.59 bits per heavy atom. The van der Waals surface area contributed by atoms with E-state index >= 15 is 0 Å². The topological polar surface area (TPSA) is 45.2 Å². The van der Waals surface area contributed by atoms with Crippen LogP contribution in [0.3, 0.4) is 0 Å². The molecule has 1 aromatic rings. The smallest absolute Gasteiger partial charge is 0.222 e. The van der Waals surface area contributed by atoms with Gasteiger partial charge in [-0.2, -0.15) is 0 Å². The van der Waals surface area contributed by atoms with E-state index in [0.29, 0.717) is 30.2 Å². The van der Waals surface area contributed by atoms with Gasteiger partial charge in [-0.25, -0.2) is 4.98 Å².